The third kappa shape index (κ3) is 4.77. The minimum Gasteiger partial charge on any atom is -0.459 e. The Morgan fingerprint density at radius 1 is 1.20 bits per heavy atom. The van der Waals surface area contributed by atoms with Gasteiger partial charge in [0.05, 0.1) is 12.8 Å². The normalized spacial score (nSPS) is 10.4. The number of benzene rings is 1. The first-order valence-electron chi connectivity index (χ1n) is 7.41. The van der Waals surface area contributed by atoms with Gasteiger partial charge >= 0.3 is 0 Å². The van der Waals surface area contributed by atoms with Gasteiger partial charge in [0.15, 0.2) is 10.9 Å². The van der Waals surface area contributed by atoms with Crippen LogP contribution in [0.4, 0.5) is 5.13 Å². The van der Waals surface area contributed by atoms with Gasteiger partial charge in [-0.3, -0.25) is 9.59 Å². The molecular formula is C17H14BrN3O3S. The van der Waals surface area contributed by atoms with Gasteiger partial charge in [0.1, 0.15) is 0 Å². The summed E-state index contributed by atoms with van der Waals surface area (Å²) in [6.45, 7) is -0.154. The van der Waals surface area contributed by atoms with Crippen molar-refractivity contribution in [2.45, 2.75) is 6.42 Å². The monoisotopic (exact) mass is 419 g/mol. The third-order valence-electron chi connectivity index (χ3n) is 3.28. The van der Waals surface area contributed by atoms with E-state index in [0.717, 1.165) is 21.3 Å². The zero-order chi connectivity index (χ0) is 17.6. The molecular weight excluding hydrogens is 406 g/mol. The number of furan rings is 1. The number of hydrogen-bond donors (Lipinski definition) is 2. The van der Waals surface area contributed by atoms with Crippen LogP contribution >= 0.6 is 27.3 Å². The Morgan fingerprint density at radius 2 is 2.04 bits per heavy atom. The maximum Gasteiger partial charge on any atom is 0.287 e. The number of carbonyl (C=O) groups is 2. The first-order chi connectivity index (χ1) is 12.1. The van der Waals surface area contributed by atoms with Gasteiger partial charge in [0.25, 0.3) is 5.91 Å². The summed E-state index contributed by atoms with van der Waals surface area (Å²) in [6, 6.07) is 11.1. The maximum atomic E-state index is 11.9. The Morgan fingerprint density at radius 3 is 2.80 bits per heavy atom. The summed E-state index contributed by atoms with van der Waals surface area (Å²) >= 11 is 4.92. The van der Waals surface area contributed by atoms with Gasteiger partial charge in [-0.1, -0.05) is 34.1 Å². The van der Waals surface area contributed by atoms with Crippen LogP contribution in [0.5, 0.6) is 0 Å². The zero-order valence-corrected chi connectivity index (χ0v) is 15.4. The molecule has 0 saturated carbocycles. The number of rotatable bonds is 6. The summed E-state index contributed by atoms with van der Waals surface area (Å²) in [4.78, 5) is 28.8. The van der Waals surface area contributed by atoms with E-state index in [0.29, 0.717) is 5.13 Å². The molecule has 3 rings (SSSR count). The van der Waals surface area contributed by atoms with E-state index in [1.54, 1.807) is 12.3 Å². The minimum absolute atomic E-state index is 0.154. The number of nitrogens with zero attached hydrogens (tertiary/aromatic N) is 1. The van der Waals surface area contributed by atoms with Gasteiger partial charge in [0, 0.05) is 22.0 Å². The van der Waals surface area contributed by atoms with Crippen molar-refractivity contribution in [1.29, 1.82) is 0 Å². The topological polar surface area (TPSA) is 84.2 Å². The second-order valence-corrected chi connectivity index (χ2v) is 7.08. The summed E-state index contributed by atoms with van der Waals surface area (Å²) in [6.07, 6.45) is 3.86. The summed E-state index contributed by atoms with van der Waals surface area (Å²) < 4.78 is 5.99. The molecule has 0 unspecified atom stereocenters. The van der Waals surface area contributed by atoms with Crippen molar-refractivity contribution in [3.05, 3.63) is 69.5 Å². The molecule has 8 heteroatoms. The van der Waals surface area contributed by atoms with Gasteiger partial charge in [-0.2, -0.15) is 0 Å². The number of thiazole rings is 1. The lowest BCUT2D eigenvalue weighted by atomic mass is 10.1. The summed E-state index contributed by atoms with van der Waals surface area (Å²) in [5.41, 5.74) is 1.15. The van der Waals surface area contributed by atoms with Gasteiger partial charge in [-0.05, 0) is 23.8 Å². The number of halogens is 1. The Balaban J connectivity index is 1.52. The molecule has 2 aromatic heterocycles. The van der Waals surface area contributed by atoms with Crippen molar-refractivity contribution >= 4 is 44.2 Å². The summed E-state index contributed by atoms with van der Waals surface area (Å²) in [5.74, 6) is -0.617. The van der Waals surface area contributed by atoms with Crippen LogP contribution in [-0.2, 0) is 11.2 Å². The number of hydrogen-bond acceptors (Lipinski definition) is 5. The average Bonchev–Trinajstić information content (AvgIpc) is 3.27. The second-order valence-electron chi connectivity index (χ2n) is 5.11. The van der Waals surface area contributed by atoms with E-state index in [9.17, 15) is 9.59 Å². The second kappa shape index (κ2) is 8.09. The molecule has 0 bridgehead atoms. The van der Waals surface area contributed by atoms with E-state index in [1.165, 1.54) is 23.7 Å². The number of aromatic nitrogens is 1. The lowest BCUT2D eigenvalue weighted by molar-refractivity contribution is -0.115. The van der Waals surface area contributed by atoms with E-state index >= 15 is 0 Å². The molecule has 2 N–H and O–H groups in total. The fourth-order valence-corrected chi connectivity index (χ4v) is 3.37. The maximum absolute atomic E-state index is 11.9. The van der Waals surface area contributed by atoms with Crippen LogP contribution in [0.1, 0.15) is 21.0 Å². The van der Waals surface area contributed by atoms with Crippen LogP contribution in [0, 0.1) is 0 Å². The van der Waals surface area contributed by atoms with Gasteiger partial charge < -0.3 is 15.1 Å². The largest absolute Gasteiger partial charge is 0.459 e. The predicted octanol–water partition coefficient (Wildman–Crippen LogP) is 3.46. The first-order valence-corrected chi connectivity index (χ1v) is 9.02. The highest BCUT2D eigenvalue weighted by Gasteiger charge is 2.12. The molecule has 2 amide bonds. The van der Waals surface area contributed by atoms with Crippen LogP contribution < -0.4 is 10.6 Å². The molecule has 128 valence electrons. The minimum atomic E-state index is -0.436. The molecule has 25 heavy (non-hydrogen) atoms. The van der Waals surface area contributed by atoms with E-state index in [1.807, 2.05) is 24.3 Å². The van der Waals surface area contributed by atoms with Crippen molar-refractivity contribution in [2.24, 2.45) is 0 Å². The van der Waals surface area contributed by atoms with Crippen LogP contribution in [-0.4, -0.2) is 23.3 Å². The van der Waals surface area contributed by atoms with Crippen LogP contribution in [0.15, 0.2) is 57.7 Å². The number of amides is 2. The Labute approximate surface area is 156 Å². The standard InChI is InChI=1S/C17H14BrN3O3S/c18-13-5-2-1-4-11(13)8-12-9-20-17(25-12)21-15(22)10-19-16(23)14-6-3-7-24-14/h1-7,9H,8,10H2,(H,19,23)(H,20,21,22). The van der Waals surface area contributed by atoms with Crippen molar-refractivity contribution in [3.8, 4) is 0 Å². The molecule has 0 aliphatic heterocycles. The molecule has 2 heterocycles. The molecule has 1 aromatic carbocycles. The Bertz CT molecular complexity index is 877. The zero-order valence-electron chi connectivity index (χ0n) is 13.0. The lowest BCUT2D eigenvalue weighted by Gasteiger charge is -2.03. The van der Waals surface area contributed by atoms with Gasteiger partial charge in [-0.15, -0.1) is 11.3 Å². The number of anilines is 1. The SMILES string of the molecule is O=C(CNC(=O)c1ccco1)Nc1ncc(Cc2ccccc2Br)s1. The van der Waals surface area contributed by atoms with Gasteiger partial charge in [0.2, 0.25) is 5.91 Å². The number of nitrogens with one attached hydrogen (secondary N) is 2. The smallest absolute Gasteiger partial charge is 0.287 e. The molecule has 0 spiro atoms. The van der Waals surface area contributed by atoms with E-state index in [2.05, 4.69) is 31.5 Å². The van der Waals surface area contributed by atoms with Gasteiger partial charge in [-0.25, -0.2) is 4.98 Å². The molecule has 0 saturated heterocycles. The average molecular weight is 420 g/mol. The lowest BCUT2D eigenvalue weighted by Crippen LogP contribution is -2.32. The highest BCUT2D eigenvalue weighted by molar-refractivity contribution is 9.10. The summed E-state index contributed by atoms with van der Waals surface area (Å²) in [7, 11) is 0. The molecule has 0 atom stereocenters. The van der Waals surface area contributed by atoms with E-state index < -0.39 is 5.91 Å². The highest BCUT2D eigenvalue weighted by Crippen LogP contribution is 2.24. The fraction of sp³-hybridized carbons (Fsp3) is 0.118. The molecule has 0 radical (unpaired) electrons. The van der Waals surface area contributed by atoms with Crippen LogP contribution in [0.3, 0.4) is 0 Å². The molecule has 0 aliphatic carbocycles. The predicted molar refractivity (Wildman–Crippen MR) is 98.7 cm³/mol. The van der Waals surface area contributed by atoms with Crippen molar-refractivity contribution < 1.29 is 14.0 Å². The van der Waals surface area contributed by atoms with Crippen molar-refractivity contribution in [3.63, 3.8) is 0 Å². The molecule has 3 aromatic rings. The van der Waals surface area contributed by atoms with Crippen LogP contribution in [0.2, 0.25) is 0 Å². The van der Waals surface area contributed by atoms with Crippen molar-refractivity contribution in [2.75, 3.05) is 11.9 Å². The quantitative estimate of drug-likeness (QED) is 0.640. The number of carbonyl (C=O) groups excluding carboxylic acids is 2. The fourth-order valence-electron chi connectivity index (χ4n) is 2.10. The summed E-state index contributed by atoms with van der Waals surface area (Å²) in [5, 5.41) is 5.66. The van der Waals surface area contributed by atoms with Crippen LogP contribution in [0.25, 0.3) is 0 Å². The molecule has 6 nitrogen and oxygen atoms in total. The highest BCUT2D eigenvalue weighted by atomic mass is 79.9. The van der Waals surface area contributed by atoms with Crippen molar-refractivity contribution in [1.82, 2.24) is 10.3 Å². The molecule has 0 aliphatic rings. The first kappa shape index (κ1) is 17.4. The molecule has 0 fully saturated rings. The third-order valence-corrected chi connectivity index (χ3v) is 4.96. The Hall–Kier alpha value is -2.45. The van der Waals surface area contributed by atoms with E-state index in [-0.39, 0.29) is 18.2 Å². The van der Waals surface area contributed by atoms with E-state index in [4.69, 9.17) is 4.42 Å². The Kier molecular flexibility index (Phi) is 5.62.